The number of imide groups is 1. The number of rotatable bonds is 5. The Morgan fingerprint density at radius 3 is 2.56 bits per heavy atom. The Morgan fingerprint density at radius 1 is 1.24 bits per heavy atom. The lowest BCUT2D eigenvalue weighted by atomic mass is 10.0. The Morgan fingerprint density at radius 2 is 1.92 bits per heavy atom. The van der Waals surface area contributed by atoms with Crippen LogP contribution in [0.4, 0.5) is 9.18 Å². The first kappa shape index (κ1) is 17.0. The summed E-state index contributed by atoms with van der Waals surface area (Å²) in [6, 6.07) is 15.2. The van der Waals surface area contributed by atoms with E-state index in [1.54, 1.807) is 55.6 Å². The molecule has 1 saturated heterocycles. The van der Waals surface area contributed by atoms with Crippen molar-refractivity contribution in [1.29, 1.82) is 0 Å². The van der Waals surface area contributed by atoms with Crippen LogP contribution in [0.3, 0.4) is 0 Å². The Kier molecular flexibility index (Phi) is 4.97. The maximum absolute atomic E-state index is 14.5. The summed E-state index contributed by atoms with van der Waals surface area (Å²) in [5, 5.41) is 0. The average molecular weight is 343 g/mol. The van der Waals surface area contributed by atoms with Gasteiger partial charge in [0.2, 0.25) is 0 Å². The SMILES string of the molecule is COc1ccc(C[C@H](F)C(=O)N2C(=O)OC[C@@H]2c2ccccc2)cc1. The fourth-order valence-corrected chi connectivity index (χ4v) is 2.79. The highest BCUT2D eigenvalue weighted by Gasteiger charge is 2.41. The van der Waals surface area contributed by atoms with Crippen molar-refractivity contribution in [3.05, 3.63) is 65.7 Å². The van der Waals surface area contributed by atoms with Crippen molar-refractivity contribution in [2.75, 3.05) is 13.7 Å². The molecule has 0 aliphatic carbocycles. The van der Waals surface area contributed by atoms with E-state index in [0.717, 1.165) is 10.5 Å². The lowest BCUT2D eigenvalue weighted by Gasteiger charge is -2.21. The number of hydrogen-bond acceptors (Lipinski definition) is 4. The molecule has 0 bridgehead atoms. The largest absolute Gasteiger partial charge is 0.497 e. The Hall–Kier alpha value is -2.89. The maximum Gasteiger partial charge on any atom is 0.417 e. The highest BCUT2D eigenvalue weighted by atomic mass is 19.1. The van der Waals surface area contributed by atoms with Crippen LogP contribution in [0, 0.1) is 0 Å². The Bertz CT molecular complexity index is 748. The smallest absolute Gasteiger partial charge is 0.417 e. The number of hydrogen-bond donors (Lipinski definition) is 0. The number of benzene rings is 2. The molecule has 1 aliphatic rings. The minimum absolute atomic E-state index is 0.0316. The molecule has 1 aliphatic heterocycles. The molecule has 0 saturated carbocycles. The van der Waals surface area contributed by atoms with Gasteiger partial charge in [-0.1, -0.05) is 42.5 Å². The molecule has 1 fully saturated rings. The number of amides is 2. The maximum atomic E-state index is 14.5. The van der Waals surface area contributed by atoms with Crippen LogP contribution in [-0.2, 0) is 16.0 Å². The number of carbonyl (C=O) groups excluding carboxylic acids is 2. The monoisotopic (exact) mass is 343 g/mol. The number of nitrogens with zero attached hydrogens (tertiary/aromatic N) is 1. The van der Waals surface area contributed by atoms with Crippen molar-refractivity contribution in [3.63, 3.8) is 0 Å². The summed E-state index contributed by atoms with van der Waals surface area (Å²) in [7, 11) is 1.54. The van der Waals surface area contributed by atoms with Gasteiger partial charge in [-0.25, -0.2) is 14.1 Å². The molecular formula is C19H18FNO4. The molecule has 5 nitrogen and oxygen atoms in total. The minimum atomic E-state index is -1.83. The van der Waals surface area contributed by atoms with Crippen LogP contribution in [0.15, 0.2) is 54.6 Å². The molecule has 2 amide bonds. The summed E-state index contributed by atoms with van der Waals surface area (Å²) in [6.45, 7) is 0.0316. The number of halogens is 1. The molecule has 2 atom stereocenters. The van der Waals surface area contributed by atoms with E-state index in [0.29, 0.717) is 11.3 Å². The Labute approximate surface area is 145 Å². The van der Waals surface area contributed by atoms with Crippen LogP contribution >= 0.6 is 0 Å². The molecule has 0 aromatic heterocycles. The van der Waals surface area contributed by atoms with Crippen molar-refractivity contribution in [2.24, 2.45) is 0 Å². The van der Waals surface area contributed by atoms with Crippen LogP contribution < -0.4 is 4.74 Å². The number of carbonyl (C=O) groups is 2. The summed E-state index contributed by atoms with van der Waals surface area (Å²) >= 11 is 0. The van der Waals surface area contributed by atoms with Gasteiger partial charge in [-0.05, 0) is 23.3 Å². The van der Waals surface area contributed by atoms with Gasteiger partial charge in [-0.15, -0.1) is 0 Å². The van der Waals surface area contributed by atoms with Crippen molar-refractivity contribution in [1.82, 2.24) is 4.90 Å². The van der Waals surface area contributed by atoms with Gasteiger partial charge in [0.05, 0.1) is 7.11 Å². The van der Waals surface area contributed by atoms with E-state index in [4.69, 9.17) is 9.47 Å². The third-order valence-corrected chi connectivity index (χ3v) is 4.14. The van der Waals surface area contributed by atoms with Gasteiger partial charge in [-0.3, -0.25) is 4.79 Å². The van der Waals surface area contributed by atoms with E-state index in [9.17, 15) is 14.0 Å². The van der Waals surface area contributed by atoms with E-state index in [2.05, 4.69) is 0 Å². The molecule has 0 N–H and O–H groups in total. The van der Waals surface area contributed by atoms with Crippen molar-refractivity contribution < 1.29 is 23.5 Å². The summed E-state index contributed by atoms with van der Waals surface area (Å²) in [5.74, 6) is -0.232. The summed E-state index contributed by atoms with van der Waals surface area (Å²) in [6.07, 6.45) is -2.75. The van der Waals surface area contributed by atoms with Gasteiger partial charge in [0.25, 0.3) is 5.91 Å². The van der Waals surface area contributed by atoms with Gasteiger partial charge >= 0.3 is 6.09 Å². The standard InChI is InChI=1S/C19H18FNO4/c1-24-15-9-7-13(8-10-15)11-16(20)18(22)21-17(12-25-19(21)23)14-5-3-2-4-6-14/h2-10,16-17H,11-12H2,1H3/t16-,17+/m0/s1. The normalized spacial score (nSPS) is 17.9. The first-order chi connectivity index (χ1) is 12.1. The molecule has 0 radical (unpaired) electrons. The molecule has 3 rings (SSSR count). The zero-order valence-electron chi connectivity index (χ0n) is 13.7. The number of alkyl halides is 1. The molecule has 25 heavy (non-hydrogen) atoms. The van der Waals surface area contributed by atoms with Crippen LogP contribution in [0.25, 0.3) is 0 Å². The molecular weight excluding hydrogens is 325 g/mol. The Balaban J connectivity index is 1.74. The number of methoxy groups -OCH3 is 1. The zero-order valence-corrected chi connectivity index (χ0v) is 13.7. The fourth-order valence-electron chi connectivity index (χ4n) is 2.79. The molecule has 2 aromatic carbocycles. The van der Waals surface area contributed by atoms with Gasteiger partial charge in [0.15, 0.2) is 6.17 Å². The van der Waals surface area contributed by atoms with E-state index >= 15 is 0 Å². The van der Waals surface area contributed by atoms with Crippen molar-refractivity contribution >= 4 is 12.0 Å². The predicted molar refractivity (Wildman–Crippen MR) is 89.0 cm³/mol. The van der Waals surface area contributed by atoms with E-state index in [1.807, 2.05) is 6.07 Å². The molecule has 0 spiro atoms. The first-order valence-electron chi connectivity index (χ1n) is 7.92. The second-order valence-corrected chi connectivity index (χ2v) is 5.73. The van der Waals surface area contributed by atoms with Gasteiger partial charge < -0.3 is 9.47 Å². The van der Waals surface area contributed by atoms with Gasteiger partial charge in [-0.2, -0.15) is 0 Å². The van der Waals surface area contributed by atoms with Gasteiger partial charge in [0, 0.05) is 6.42 Å². The third-order valence-electron chi connectivity index (χ3n) is 4.14. The van der Waals surface area contributed by atoms with E-state index in [-0.39, 0.29) is 13.0 Å². The topological polar surface area (TPSA) is 55.8 Å². The lowest BCUT2D eigenvalue weighted by Crippen LogP contribution is -2.40. The van der Waals surface area contributed by atoms with Crippen molar-refractivity contribution in [2.45, 2.75) is 18.6 Å². The molecule has 6 heteroatoms. The highest BCUT2D eigenvalue weighted by molar-refractivity contribution is 5.96. The summed E-state index contributed by atoms with van der Waals surface area (Å²) < 4.78 is 24.6. The zero-order chi connectivity index (χ0) is 17.8. The first-order valence-corrected chi connectivity index (χ1v) is 7.92. The summed E-state index contributed by atoms with van der Waals surface area (Å²) in [4.78, 5) is 25.3. The van der Waals surface area contributed by atoms with E-state index < -0.39 is 24.2 Å². The summed E-state index contributed by atoms with van der Waals surface area (Å²) in [5.41, 5.74) is 1.38. The second kappa shape index (κ2) is 7.34. The third kappa shape index (κ3) is 3.63. The molecule has 1 heterocycles. The minimum Gasteiger partial charge on any atom is -0.497 e. The highest BCUT2D eigenvalue weighted by Crippen LogP contribution is 2.29. The van der Waals surface area contributed by atoms with E-state index in [1.165, 1.54) is 0 Å². The van der Waals surface area contributed by atoms with Crippen LogP contribution in [-0.4, -0.2) is 36.8 Å². The predicted octanol–water partition coefficient (Wildman–Crippen LogP) is 3.30. The van der Waals surface area contributed by atoms with Gasteiger partial charge in [0.1, 0.15) is 18.4 Å². The van der Waals surface area contributed by atoms with Crippen LogP contribution in [0.5, 0.6) is 5.75 Å². The lowest BCUT2D eigenvalue weighted by molar-refractivity contribution is -0.134. The molecule has 0 unspecified atom stereocenters. The quantitative estimate of drug-likeness (QED) is 0.836. The second-order valence-electron chi connectivity index (χ2n) is 5.73. The average Bonchev–Trinajstić information content (AvgIpc) is 3.04. The molecule has 2 aromatic rings. The van der Waals surface area contributed by atoms with Crippen LogP contribution in [0.2, 0.25) is 0 Å². The number of cyclic esters (lactones) is 1. The fraction of sp³-hybridized carbons (Fsp3) is 0.263. The number of ether oxygens (including phenoxy) is 2. The van der Waals surface area contributed by atoms with Crippen LogP contribution in [0.1, 0.15) is 17.2 Å². The van der Waals surface area contributed by atoms with Crippen molar-refractivity contribution in [3.8, 4) is 5.75 Å². The molecule has 130 valence electrons.